The number of hydrogen-bond acceptors (Lipinski definition) is 4. The predicted molar refractivity (Wildman–Crippen MR) is 113 cm³/mol. The van der Waals surface area contributed by atoms with Crippen LogP contribution in [0.1, 0.15) is 36.0 Å². The van der Waals surface area contributed by atoms with Gasteiger partial charge in [-0.2, -0.15) is 0 Å². The van der Waals surface area contributed by atoms with E-state index < -0.39 is 6.04 Å². The molecule has 29 heavy (non-hydrogen) atoms. The number of carbonyl (C=O) groups excluding carboxylic acids is 2. The molecular weight excluding hydrogens is 366 g/mol. The fourth-order valence-corrected chi connectivity index (χ4v) is 3.44. The molecule has 0 aliphatic carbocycles. The number of carbonyl (C=O) groups is 2. The third kappa shape index (κ3) is 5.42. The lowest BCUT2D eigenvalue weighted by atomic mass is 9.96. The molecule has 1 aliphatic heterocycles. The van der Waals surface area contributed by atoms with Crippen LogP contribution in [0.25, 0.3) is 0 Å². The highest BCUT2D eigenvalue weighted by molar-refractivity contribution is 5.95. The Kier molecular flexibility index (Phi) is 6.61. The average molecular weight is 393 g/mol. The maximum atomic E-state index is 12.5. The standard InChI is InChI=1S/C22H27N5O2/c1-14(21(28)26-12-15-7-9-17(10-8-15)20(23)24)27-22(29)19-11-18(13-25-19)16-5-3-2-4-6-16/h2-10,14,18-19,25H,11-13H2,1H3,(H3,23,24)(H,26,28)(H,27,29)/t14-,18+,19+/m0/s1. The van der Waals surface area contributed by atoms with Crippen LogP contribution in [0.15, 0.2) is 54.6 Å². The van der Waals surface area contributed by atoms with Crippen molar-refractivity contribution < 1.29 is 9.59 Å². The summed E-state index contributed by atoms with van der Waals surface area (Å²) in [6.07, 6.45) is 0.715. The van der Waals surface area contributed by atoms with Crippen molar-refractivity contribution in [2.75, 3.05) is 6.54 Å². The molecule has 0 aromatic heterocycles. The van der Waals surface area contributed by atoms with Crippen LogP contribution in [-0.2, 0) is 16.1 Å². The molecular formula is C22H27N5O2. The summed E-state index contributed by atoms with van der Waals surface area (Å²) in [6, 6.07) is 16.3. The van der Waals surface area contributed by atoms with Gasteiger partial charge in [-0.05, 0) is 30.4 Å². The SMILES string of the molecule is C[C@H](NC(=O)[C@H]1C[C@@H](c2ccccc2)CN1)C(=O)NCc1ccc(C(=N)N)cc1. The highest BCUT2D eigenvalue weighted by Gasteiger charge is 2.31. The minimum absolute atomic E-state index is 0.00643. The van der Waals surface area contributed by atoms with Crippen molar-refractivity contribution in [3.8, 4) is 0 Å². The summed E-state index contributed by atoms with van der Waals surface area (Å²) in [5.41, 5.74) is 8.18. The maximum absolute atomic E-state index is 12.5. The van der Waals surface area contributed by atoms with Crippen LogP contribution in [0, 0.1) is 5.41 Å². The molecule has 2 aromatic rings. The second-order valence-electron chi connectivity index (χ2n) is 7.36. The average Bonchev–Trinajstić information content (AvgIpc) is 3.23. The van der Waals surface area contributed by atoms with E-state index in [1.165, 1.54) is 5.56 Å². The summed E-state index contributed by atoms with van der Waals surface area (Å²) < 4.78 is 0. The Morgan fingerprint density at radius 2 is 1.86 bits per heavy atom. The first-order valence-electron chi connectivity index (χ1n) is 9.74. The fourth-order valence-electron chi connectivity index (χ4n) is 3.44. The zero-order valence-electron chi connectivity index (χ0n) is 16.4. The molecule has 6 N–H and O–H groups in total. The van der Waals surface area contributed by atoms with Crippen LogP contribution >= 0.6 is 0 Å². The number of benzene rings is 2. The van der Waals surface area contributed by atoms with E-state index in [1.54, 1.807) is 19.1 Å². The Morgan fingerprint density at radius 1 is 1.17 bits per heavy atom. The van der Waals surface area contributed by atoms with E-state index in [0.29, 0.717) is 24.4 Å². The van der Waals surface area contributed by atoms with Crippen LogP contribution in [-0.4, -0.2) is 36.3 Å². The third-order valence-corrected chi connectivity index (χ3v) is 5.20. The molecule has 1 aliphatic rings. The molecule has 3 rings (SSSR count). The van der Waals surface area contributed by atoms with Crippen LogP contribution in [0.5, 0.6) is 0 Å². The summed E-state index contributed by atoms with van der Waals surface area (Å²) in [5, 5.41) is 16.3. The highest BCUT2D eigenvalue weighted by atomic mass is 16.2. The normalized spacial score (nSPS) is 19.3. The van der Waals surface area contributed by atoms with Gasteiger partial charge in [0, 0.05) is 18.7 Å². The van der Waals surface area contributed by atoms with E-state index in [-0.39, 0.29) is 23.7 Å². The molecule has 0 bridgehead atoms. The molecule has 0 unspecified atom stereocenters. The number of rotatable bonds is 7. The summed E-state index contributed by atoms with van der Waals surface area (Å²) >= 11 is 0. The molecule has 1 heterocycles. The molecule has 1 saturated heterocycles. The van der Waals surface area contributed by atoms with Gasteiger partial charge < -0.3 is 21.7 Å². The van der Waals surface area contributed by atoms with E-state index >= 15 is 0 Å². The van der Waals surface area contributed by atoms with Crippen molar-refractivity contribution in [2.24, 2.45) is 5.73 Å². The molecule has 1 fully saturated rings. The van der Waals surface area contributed by atoms with Crippen molar-refractivity contribution in [1.29, 1.82) is 5.41 Å². The zero-order valence-corrected chi connectivity index (χ0v) is 16.4. The Labute approximate surface area is 170 Å². The molecule has 7 heteroatoms. The minimum Gasteiger partial charge on any atom is -0.384 e. The van der Waals surface area contributed by atoms with Crippen LogP contribution in [0.3, 0.4) is 0 Å². The van der Waals surface area contributed by atoms with Crippen molar-refractivity contribution >= 4 is 17.6 Å². The molecule has 2 aromatic carbocycles. The van der Waals surface area contributed by atoms with E-state index in [9.17, 15) is 9.59 Å². The van der Waals surface area contributed by atoms with E-state index in [2.05, 4.69) is 28.1 Å². The molecule has 0 radical (unpaired) electrons. The molecule has 152 valence electrons. The van der Waals surface area contributed by atoms with E-state index in [1.807, 2.05) is 30.3 Å². The predicted octanol–water partition coefficient (Wildman–Crippen LogP) is 1.24. The van der Waals surface area contributed by atoms with Gasteiger partial charge >= 0.3 is 0 Å². The van der Waals surface area contributed by atoms with E-state index in [4.69, 9.17) is 11.1 Å². The summed E-state index contributed by atoms with van der Waals surface area (Å²) in [7, 11) is 0. The summed E-state index contributed by atoms with van der Waals surface area (Å²) in [6.45, 7) is 2.77. The molecule has 2 amide bonds. The quantitative estimate of drug-likeness (QED) is 0.359. The van der Waals surface area contributed by atoms with Crippen molar-refractivity contribution in [1.82, 2.24) is 16.0 Å². The van der Waals surface area contributed by atoms with Gasteiger partial charge in [0.05, 0.1) is 6.04 Å². The number of nitrogens with one attached hydrogen (secondary N) is 4. The van der Waals surface area contributed by atoms with Crippen molar-refractivity contribution in [3.63, 3.8) is 0 Å². The Bertz CT molecular complexity index is 867. The summed E-state index contributed by atoms with van der Waals surface area (Å²) in [5.74, 6) is -0.0931. The second-order valence-corrected chi connectivity index (χ2v) is 7.36. The fraction of sp³-hybridized carbons (Fsp3) is 0.318. The van der Waals surface area contributed by atoms with Crippen LogP contribution < -0.4 is 21.7 Å². The monoisotopic (exact) mass is 393 g/mol. The second kappa shape index (κ2) is 9.34. The lowest BCUT2D eigenvalue weighted by Gasteiger charge is -2.17. The number of hydrogen-bond donors (Lipinski definition) is 5. The topological polar surface area (TPSA) is 120 Å². The number of nitrogens with two attached hydrogens (primary N) is 1. The Balaban J connectivity index is 1.45. The molecule has 7 nitrogen and oxygen atoms in total. The maximum Gasteiger partial charge on any atom is 0.242 e. The van der Waals surface area contributed by atoms with Crippen LogP contribution in [0.4, 0.5) is 0 Å². The zero-order chi connectivity index (χ0) is 20.8. The lowest BCUT2D eigenvalue weighted by Crippen LogP contribution is -2.49. The van der Waals surface area contributed by atoms with Gasteiger partial charge in [-0.25, -0.2) is 0 Å². The van der Waals surface area contributed by atoms with Crippen molar-refractivity contribution in [2.45, 2.75) is 37.9 Å². The number of amides is 2. The first kappa shape index (κ1) is 20.5. The third-order valence-electron chi connectivity index (χ3n) is 5.20. The molecule has 0 saturated carbocycles. The number of nitrogen functional groups attached to an aromatic ring is 1. The smallest absolute Gasteiger partial charge is 0.242 e. The number of amidine groups is 1. The Hall–Kier alpha value is -3.19. The van der Waals surface area contributed by atoms with Gasteiger partial charge in [-0.15, -0.1) is 0 Å². The lowest BCUT2D eigenvalue weighted by molar-refractivity contribution is -0.129. The van der Waals surface area contributed by atoms with Gasteiger partial charge in [0.1, 0.15) is 11.9 Å². The van der Waals surface area contributed by atoms with Gasteiger partial charge in [0.25, 0.3) is 0 Å². The largest absolute Gasteiger partial charge is 0.384 e. The summed E-state index contributed by atoms with van der Waals surface area (Å²) in [4.78, 5) is 24.9. The van der Waals surface area contributed by atoms with Gasteiger partial charge in [0.15, 0.2) is 0 Å². The van der Waals surface area contributed by atoms with Crippen LogP contribution in [0.2, 0.25) is 0 Å². The van der Waals surface area contributed by atoms with Crippen molar-refractivity contribution in [3.05, 3.63) is 71.3 Å². The first-order chi connectivity index (χ1) is 13.9. The van der Waals surface area contributed by atoms with Gasteiger partial charge in [-0.1, -0.05) is 54.6 Å². The Morgan fingerprint density at radius 3 is 2.52 bits per heavy atom. The molecule has 3 atom stereocenters. The molecule has 0 spiro atoms. The van der Waals surface area contributed by atoms with E-state index in [0.717, 1.165) is 12.1 Å². The highest BCUT2D eigenvalue weighted by Crippen LogP contribution is 2.25. The van der Waals surface area contributed by atoms with Gasteiger partial charge in [-0.3, -0.25) is 15.0 Å². The first-order valence-corrected chi connectivity index (χ1v) is 9.74. The minimum atomic E-state index is -0.628. The van der Waals surface area contributed by atoms with Gasteiger partial charge in [0.2, 0.25) is 11.8 Å².